The SMILES string of the molecule is O=C(Nc1ccc2c(c1)OC1(CCCCC1)O2)C1CC(=O)N(CCOc2ccccc2)C1. The van der Waals surface area contributed by atoms with Crippen molar-refractivity contribution < 1.29 is 23.8 Å². The molecule has 1 saturated heterocycles. The van der Waals surface area contributed by atoms with Crippen LogP contribution in [0.3, 0.4) is 0 Å². The van der Waals surface area contributed by atoms with Gasteiger partial charge in [0.25, 0.3) is 5.79 Å². The van der Waals surface area contributed by atoms with Crippen LogP contribution in [-0.2, 0) is 9.59 Å². The summed E-state index contributed by atoms with van der Waals surface area (Å²) in [6.07, 6.45) is 5.39. The Balaban J connectivity index is 1.14. The van der Waals surface area contributed by atoms with E-state index in [2.05, 4.69) is 5.32 Å². The van der Waals surface area contributed by atoms with Gasteiger partial charge in [-0.2, -0.15) is 0 Å². The summed E-state index contributed by atoms with van der Waals surface area (Å²) in [6, 6.07) is 15.0. The molecule has 1 spiro atoms. The maximum absolute atomic E-state index is 12.8. The predicted octanol–water partition coefficient (Wildman–Crippen LogP) is 3.98. The number of nitrogens with zero attached hydrogens (tertiary/aromatic N) is 1. The van der Waals surface area contributed by atoms with E-state index in [4.69, 9.17) is 14.2 Å². The van der Waals surface area contributed by atoms with Crippen LogP contribution in [0.5, 0.6) is 17.2 Å². The molecule has 168 valence electrons. The van der Waals surface area contributed by atoms with Crippen LogP contribution >= 0.6 is 0 Å². The monoisotopic (exact) mass is 436 g/mol. The van der Waals surface area contributed by atoms with Crippen molar-refractivity contribution in [1.82, 2.24) is 4.90 Å². The fourth-order valence-electron chi connectivity index (χ4n) is 4.66. The molecule has 1 aliphatic carbocycles. The molecule has 2 aromatic rings. The lowest BCUT2D eigenvalue weighted by Crippen LogP contribution is -2.40. The second-order valence-electron chi connectivity index (χ2n) is 8.73. The lowest BCUT2D eigenvalue weighted by atomic mass is 9.94. The minimum absolute atomic E-state index is 0.0215. The average molecular weight is 437 g/mol. The first-order valence-electron chi connectivity index (χ1n) is 11.4. The van der Waals surface area contributed by atoms with Gasteiger partial charge in [-0.25, -0.2) is 0 Å². The normalized spacial score (nSPS) is 21.1. The molecule has 5 rings (SSSR count). The van der Waals surface area contributed by atoms with Gasteiger partial charge in [-0.05, 0) is 37.1 Å². The highest BCUT2D eigenvalue weighted by atomic mass is 16.7. The quantitative estimate of drug-likeness (QED) is 0.741. The number of amides is 2. The molecule has 2 aromatic carbocycles. The Morgan fingerprint density at radius 2 is 1.84 bits per heavy atom. The molecule has 0 radical (unpaired) electrons. The molecular formula is C25H28N2O5. The van der Waals surface area contributed by atoms with Crippen molar-refractivity contribution in [2.45, 2.75) is 44.3 Å². The van der Waals surface area contributed by atoms with Crippen molar-refractivity contribution in [3.05, 3.63) is 48.5 Å². The largest absolute Gasteiger partial charge is 0.492 e. The minimum atomic E-state index is -0.538. The van der Waals surface area contributed by atoms with Gasteiger partial charge in [0.1, 0.15) is 12.4 Å². The van der Waals surface area contributed by atoms with Gasteiger partial charge in [-0.1, -0.05) is 24.6 Å². The predicted molar refractivity (Wildman–Crippen MR) is 119 cm³/mol. The van der Waals surface area contributed by atoms with Crippen molar-refractivity contribution >= 4 is 17.5 Å². The van der Waals surface area contributed by atoms with E-state index in [-0.39, 0.29) is 24.2 Å². The van der Waals surface area contributed by atoms with E-state index < -0.39 is 5.79 Å². The summed E-state index contributed by atoms with van der Waals surface area (Å²) in [4.78, 5) is 26.9. The van der Waals surface area contributed by atoms with Crippen LogP contribution in [0.25, 0.3) is 0 Å². The Hall–Kier alpha value is -3.22. The summed E-state index contributed by atoms with van der Waals surface area (Å²) in [7, 11) is 0. The molecule has 1 N–H and O–H groups in total. The lowest BCUT2D eigenvalue weighted by molar-refractivity contribution is -0.128. The van der Waals surface area contributed by atoms with E-state index in [0.29, 0.717) is 31.1 Å². The zero-order valence-corrected chi connectivity index (χ0v) is 18.0. The van der Waals surface area contributed by atoms with Gasteiger partial charge in [0, 0.05) is 37.6 Å². The number of hydrogen-bond acceptors (Lipinski definition) is 5. The first-order chi connectivity index (χ1) is 15.6. The Kier molecular flexibility index (Phi) is 5.64. The van der Waals surface area contributed by atoms with Crippen molar-refractivity contribution in [2.24, 2.45) is 5.92 Å². The van der Waals surface area contributed by atoms with E-state index >= 15 is 0 Å². The fraction of sp³-hybridized carbons (Fsp3) is 0.440. The van der Waals surface area contributed by atoms with Crippen molar-refractivity contribution in [2.75, 3.05) is 25.0 Å². The van der Waals surface area contributed by atoms with Gasteiger partial charge in [0.15, 0.2) is 11.5 Å². The summed E-state index contributed by atoms with van der Waals surface area (Å²) in [5.41, 5.74) is 0.656. The van der Waals surface area contributed by atoms with Crippen LogP contribution in [0, 0.1) is 5.92 Å². The average Bonchev–Trinajstić information content (AvgIpc) is 3.34. The van der Waals surface area contributed by atoms with Gasteiger partial charge in [-0.3, -0.25) is 9.59 Å². The topological polar surface area (TPSA) is 77.1 Å². The van der Waals surface area contributed by atoms with E-state index in [1.807, 2.05) is 48.5 Å². The Morgan fingerprint density at radius 1 is 1.06 bits per heavy atom. The van der Waals surface area contributed by atoms with Gasteiger partial charge >= 0.3 is 0 Å². The number of hydrogen-bond donors (Lipinski definition) is 1. The number of likely N-dealkylation sites (tertiary alicyclic amines) is 1. The number of para-hydroxylation sites is 1. The Morgan fingerprint density at radius 3 is 2.66 bits per heavy atom. The smallest absolute Gasteiger partial charge is 0.251 e. The molecule has 2 heterocycles. The highest BCUT2D eigenvalue weighted by molar-refractivity contribution is 5.97. The number of carbonyl (C=O) groups excluding carboxylic acids is 2. The first kappa shape index (κ1) is 20.7. The third kappa shape index (κ3) is 4.38. The Labute approximate surface area is 187 Å². The molecule has 7 heteroatoms. The highest BCUT2D eigenvalue weighted by Crippen LogP contribution is 2.46. The molecule has 1 unspecified atom stereocenters. The van der Waals surface area contributed by atoms with Gasteiger partial charge in [0.05, 0.1) is 12.5 Å². The molecule has 0 bridgehead atoms. The highest BCUT2D eigenvalue weighted by Gasteiger charge is 2.42. The van der Waals surface area contributed by atoms with Crippen LogP contribution in [0.2, 0.25) is 0 Å². The summed E-state index contributed by atoms with van der Waals surface area (Å²) in [5, 5.41) is 2.94. The van der Waals surface area contributed by atoms with Crippen molar-refractivity contribution in [3.63, 3.8) is 0 Å². The number of ether oxygens (including phenoxy) is 3. The van der Waals surface area contributed by atoms with Gasteiger partial charge in [-0.15, -0.1) is 0 Å². The molecular weight excluding hydrogens is 408 g/mol. The third-order valence-corrected chi connectivity index (χ3v) is 6.38. The second kappa shape index (κ2) is 8.73. The summed E-state index contributed by atoms with van der Waals surface area (Å²) < 4.78 is 17.9. The van der Waals surface area contributed by atoms with Crippen molar-refractivity contribution in [1.29, 1.82) is 0 Å². The molecule has 0 aromatic heterocycles. The Bertz CT molecular complexity index is 987. The number of rotatable bonds is 6. The number of carbonyl (C=O) groups is 2. The zero-order chi connectivity index (χ0) is 22.0. The van der Waals surface area contributed by atoms with Crippen LogP contribution in [0.15, 0.2) is 48.5 Å². The molecule has 32 heavy (non-hydrogen) atoms. The van der Waals surface area contributed by atoms with E-state index in [1.54, 1.807) is 4.90 Å². The lowest BCUT2D eigenvalue weighted by Gasteiger charge is -2.31. The fourth-order valence-corrected chi connectivity index (χ4v) is 4.66. The summed E-state index contributed by atoms with van der Waals surface area (Å²) in [6.45, 7) is 1.26. The summed E-state index contributed by atoms with van der Waals surface area (Å²) in [5.74, 6) is 1.07. The number of benzene rings is 2. The maximum atomic E-state index is 12.8. The second-order valence-corrected chi connectivity index (χ2v) is 8.73. The maximum Gasteiger partial charge on any atom is 0.251 e. The van der Waals surface area contributed by atoms with E-state index in [9.17, 15) is 9.59 Å². The molecule has 1 saturated carbocycles. The van der Waals surface area contributed by atoms with Crippen molar-refractivity contribution in [3.8, 4) is 17.2 Å². The van der Waals surface area contributed by atoms with Crippen LogP contribution in [-0.4, -0.2) is 42.2 Å². The van der Waals surface area contributed by atoms with E-state index in [1.165, 1.54) is 6.42 Å². The molecule has 2 amide bonds. The molecule has 3 aliphatic rings. The first-order valence-corrected chi connectivity index (χ1v) is 11.4. The molecule has 2 aliphatic heterocycles. The van der Waals surface area contributed by atoms with Gasteiger partial charge < -0.3 is 24.4 Å². The number of fused-ring (bicyclic) bond motifs is 1. The minimum Gasteiger partial charge on any atom is -0.492 e. The number of anilines is 1. The van der Waals surface area contributed by atoms with Crippen LogP contribution in [0.1, 0.15) is 38.5 Å². The van der Waals surface area contributed by atoms with Crippen LogP contribution in [0.4, 0.5) is 5.69 Å². The van der Waals surface area contributed by atoms with E-state index in [0.717, 1.165) is 37.2 Å². The standard InChI is InChI=1S/C25H28N2O5/c28-23-15-18(17-27(23)13-14-30-20-7-3-1-4-8-20)24(29)26-19-9-10-21-22(16-19)32-25(31-21)11-5-2-6-12-25/h1,3-4,7-10,16,18H,2,5-6,11-15,17H2,(H,26,29). The molecule has 1 atom stereocenters. The van der Waals surface area contributed by atoms with Gasteiger partial charge in [0.2, 0.25) is 11.8 Å². The number of nitrogens with one attached hydrogen (secondary N) is 1. The third-order valence-electron chi connectivity index (χ3n) is 6.38. The molecule has 2 fully saturated rings. The summed E-state index contributed by atoms with van der Waals surface area (Å²) >= 11 is 0. The zero-order valence-electron chi connectivity index (χ0n) is 18.0. The molecule has 7 nitrogen and oxygen atoms in total. The van der Waals surface area contributed by atoms with Crippen LogP contribution < -0.4 is 19.5 Å².